The van der Waals surface area contributed by atoms with Crippen molar-refractivity contribution in [1.82, 2.24) is 4.98 Å². The van der Waals surface area contributed by atoms with Crippen molar-refractivity contribution in [3.05, 3.63) is 51.0 Å². The van der Waals surface area contributed by atoms with Gasteiger partial charge in [0.15, 0.2) is 22.5 Å². The first kappa shape index (κ1) is 18.7. The standard InChI is InChI=1S/C15H6Cl2F4N2O2S/c1-25-13-10(20)8(18)6(9(19)11(13)21)14(24)23-15-22-12-5(26-15)3-2-4(16)7(12)17/h2-3H,1H3,(H,22,23,24). The molecule has 0 bridgehead atoms. The Kier molecular flexibility index (Phi) is 4.96. The summed E-state index contributed by atoms with van der Waals surface area (Å²) >= 11 is 12.8. The molecule has 1 heterocycles. The number of hydrogen-bond acceptors (Lipinski definition) is 4. The maximum atomic E-state index is 14.0. The predicted octanol–water partition coefficient (Wildman–Crippen LogP) is 5.42. The predicted molar refractivity (Wildman–Crippen MR) is 90.4 cm³/mol. The van der Waals surface area contributed by atoms with Crippen molar-refractivity contribution in [3.63, 3.8) is 0 Å². The number of nitrogens with zero attached hydrogens (tertiary/aromatic N) is 1. The van der Waals surface area contributed by atoms with Crippen LogP contribution in [-0.2, 0) is 0 Å². The number of anilines is 1. The van der Waals surface area contributed by atoms with E-state index in [0.717, 1.165) is 18.4 Å². The summed E-state index contributed by atoms with van der Waals surface area (Å²) in [6.07, 6.45) is 0. The average Bonchev–Trinajstić information content (AvgIpc) is 3.00. The minimum absolute atomic E-state index is 0.0930. The van der Waals surface area contributed by atoms with Gasteiger partial charge in [0.2, 0.25) is 11.6 Å². The molecule has 0 aliphatic heterocycles. The summed E-state index contributed by atoms with van der Waals surface area (Å²) in [6, 6.07) is 3.08. The lowest BCUT2D eigenvalue weighted by molar-refractivity contribution is 0.101. The summed E-state index contributed by atoms with van der Waals surface area (Å²) in [4.78, 5) is 16.1. The number of fused-ring (bicyclic) bond motifs is 1. The van der Waals surface area contributed by atoms with Gasteiger partial charge >= 0.3 is 0 Å². The average molecular weight is 425 g/mol. The molecule has 4 nitrogen and oxygen atoms in total. The van der Waals surface area contributed by atoms with Crippen molar-refractivity contribution >= 4 is 55.8 Å². The van der Waals surface area contributed by atoms with E-state index < -0.39 is 40.5 Å². The fourth-order valence-electron chi connectivity index (χ4n) is 2.14. The molecular weight excluding hydrogens is 419 g/mol. The van der Waals surface area contributed by atoms with E-state index >= 15 is 0 Å². The van der Waals surface area contributed by atoms with E-state index in [1.54, 1.807) is 6.07 Å². The molecule has 3 aromatic rings. The minimum Gasteiger partial charge on any atom is -0.491 e. The number of aromatic nitrogens is 1. The van der Waals surface area contributed by atoms with Crippen LogP contribution in [0.5, 0.6) is 5.75 Å². The van der Waals surface area contributed by atoms with Crippen LogP contribution in [0.4, 0.5) is 22.7 Å². The molecule has 0 saturated heterocycles. The van der Waals surface area contributed by atoms with E-state index in [-0.39, 0.29) is 20.7 Å². The zero-order valence-corrected chi connectivity index (χ0v) is 14.9. The molecular formula is C15H6Cl2F4N2O2S. The molecule has 3 rings (SSSR count). The van der Waals surface area contributed by atoms with Crippen molar-refractivity contribution < 1.29 is 27.1 Å². The molecule has 0 atom stereocenters. The molecule has 0 spiro atoms. The number of thiazole rings is 1. The summed E-state index contributed by atoms with van der Waals surface area (Å²) in [7, 11) is 0.829. The lowest BCUT2D eigenvalue weighted by atomic mass is 10.1. The number of halogens is 6. The molecule has 11 heteroatoms. The molecule has 136 valence electrons. The Labute approximate surface area is 157 Å². The fourth-order valence-corrected chi connectivity index (χ4v) is 3.43. The van der Waals surface area contributed by atoms with Crippen LogP contribution in [0.3, 0.4) is 0 Å². The normalized spacial score (nSPS) is 11.0. The highest BCUT2D eigenvalue weighted by Crippen LogP contribution is 2.36. The lowest BCUT2D eigenvalue weighted by Crippen LogP contribution is -2.18. The third-order valence-corrected chi connectivity index (χ3v) is 5.06. The van der Waals surface area contributed by atoms with Crippen LogP contribution in [0.25, 0.3) is 10.2 Å². The maximum absolute atomic E-state index is 14.0. The summed E-state index contributed by atoms with van der Waals surface area (Å²) in [5, 5.41) is 2.33. The maximum Gasteiger partial charge on any atom is 0.263 e. The van der Waals surface area contributed by atoms with Gasteiger partial charge in [-0.25, -0.2) is 13.8 Å². The van der Waals surface area contributed by atoms with Gasteiger partial charge in [-0.3, -0.25) is 10.1 Å². The molecule has 0 aliphatic carbocycles. The lowest BCUT2D eigenvalue weighted by Gasteiger charge is -2.10. The smallest absolute Gasteiger partial charge is 0.263 e. The highest BCUT2D eigenvalue weighted by Gasteiger charge is 2.30. The quantitative estimate of drug-likeness (QED) is 0.451. The number of amides is 1. The summed E-state index contributed by atoms with van der Waals surface area (Å²) in [5.41, 5.74) is -1.18. The fraction of sp³-hybridized carbons (Fsp3) is 0.0667. The van der Waals surface area contributed by atoms with Crippen LogP contribution in [0, 0.1) is 23.3 Å². The van der Waals surface area contributed by atoms with E-state index in [2.05, 4.69) is 15.0 Å². The highest BCUT2D eigenvalue weighted by molar-refractivity contribution is 7.22. The number of rotatable bonds is 3. The Bertz CT molecular complexity index is 1030. The van der Waals surface area contributed by atoms with E-state index in [9.17, 15) is 22.4 Å². The number of hydrogen-bond donors (Lipinski definition) is 1. The Morgan fingerprint density at radius 1 is 1.12 bits per heavy atom. The van der Waals surface area contributed by atoms with Crippen LogP contribution in [0.1, 0.15) is 10.4 Å². The molecule has 0 fully saturated rings. The van der Waals surface area contributed by atoms with Gasteiger partial charge in [-0.1, -0.05) is 34.5 Å². The molecule has 0 radical (unpaired) electrons. The Balaban J connectivity index is 2.03. The Morgan fingerprint density at radius 3 is 2.31 bits per heavy atom. The summed E-state index contributed by atoms with van der Waals surface area (Å²) in [5.74, 6) is -10.1. The molecule has 2 aromatic carbocycles. The van der Waals surface area contributed by atoms with Crippen LogP contribution in [0.15, 0.2) is 12.1 Å². The molecule has 1 amide bonds. The Hall–Kier alpha value is -2.10. The van der Waals surface area contributed by atoms with Crippen LogP contribution < -0.4 is 10.1 Å². The second-order valence-corrected chi connectivity index (χ2v) is 6.66. The number of benzene rings is 2. The van der Waals surface area contributed by atoms with Gasteiger partial charge in [-0.15, -0.1) is 0 Å². The second kappa shape index (κ2) is 6.90. The van der Waals surface area contributed by atoms with Crippen molar-refractivity contribution in [2.24, 2.45) is 0 Å². The monoisotopic (exact) mass is 424 g/mol. The molecule has 1 N–H and O–H groups in total. The second-order valence-electron chi connectivity index (χ2n) is 4.85. The number of ether oxygens (including phenoxy) is 1. The Morgan fingerprint density at radius 2 is 1.73 bits per heavy atom. The van der Waals surface area contributed by atoms with Crippen molar-refractivity contribution in [2.75, 3.05) is 12.4 Å². The molecule has 1 aromatic heterocycles. The molecule has 0 unspecified atom stereocenters. The highest BCUT2D eigenvalue weighted by atomic mass is 35.5. The first-order valence-corrected chi connectivity index (χ1v) is 8.29. The zero-order chi connectivity index (χ0) is 19.2. The van der Waals surface area contributed by atoms with Crippen LogP contribution >= 0.6 is 34.5 Å². The third kappa shape index (κ3) is 2.95. The van der Waals surface area contributed by atoms with Crippen LogP contribution in [0.2, 0.25) is 10.0 Å². The topological polar surface area (TPSA) is 51.2 Å². The van der Waals surface area contributed by atoms with E-state index in [4.69, 9.17) is 23.2 Å². The first-order valence-electron chi connectivity index (χ1n) is 6.72. The first-order chi connectivity index (χ1) is 12.3. The van der Waals surface area contributed by atoms with Crippen LogP contribution in [-0.4, -0.2) is 18.0 Å². The van der Waals surface area contributed by atoms with E-state index in [1.165, 1.54) is 6.07 Å². The molecule has 0 aliphatic rings. The van der Waals surface area contributed by atoms with Gasteiger partial charge in [0.25, 0.3) is 5.91 Å². The van der Waals surface area contributed by atoms with Gasteiger partial charge in [-0.05, 0) is 12.1 Å². The number of methoxy groups -OCH3 is 1. The third-order valence-electron chi connectivity index (χ3n) is 3.33. The summed E-state index contributed by atoms with van der Waals surface area (Å²) in [6.45, 7) is 0. The van der Waals surface area contributed by atoms with E-state index in [1.807, 2.05) is 0 Å². The van der Waals surface area contributed by atoms with Crippen molar-refractivity contribution in [3.8, 4) is 5.75 Å². The van der Waals surface area contributed by atoms with Crippen molar-refractivity contribution in [2.45, 2.75) is 0 Å². The zero-order valence-electron chi connectivity index (χ0n) is 12.6. The molecule has 0 saturated carbocycles. The van der Waals surface area contributed by atoms with Crippen molar-refractivity contribution in [1.29, 1.82) is 0 Å². The van der Waals surface area contributed by atoms with Gasteiger partial charge in [-0.2, -0.15) is 8.78 Å². The van der Waals surface area contributed by atoms with Gasteiger partial charge < -0.3 is 4.74 Å². The van der Waals surface area contributed by atoms with Gasteiger partial charge in [0.05, 0.1) is 21.9 Å². The SMILES string of the molecule is COc1c(F)c(F)c(C(=O)Nc2nc3c(Cl)c(Cl)ccc3s2)c(F)c1F. The van der Waals surface area contributed by atoms with E-state index in [0.29, 0.717) is 4.70 Å². The molecule has 26 heavy (non-hydrogen) atoms. The summed E-state index contributed by atoms with van der Waals surface area (Å²) < 4.78 is 60.2. The van der Waals surface area contributed by atoms with Gasteiger partial charge in [0, 0.05) is 0 Å². The van der Waals surface area contributed by atoms with Gasteiger partial charge in [0.1, 0.15) is 11.1 Å². The number of carbonyl (C=O) groups is 1. The number of nitrogens with one attached hydrogen (secondary N) is 1. The largest absolute Gasteiger partial charge is 0.491 e. The number of carbonyl (C=O) groups excluding carboxylic acids is 1. The minimum atomic E-state index is -1.89.